The molecule has 0 radical (unpaired) electrons. The molecule has 0 atom stereocenters. The lowest BCUT2D eigenvalue weighted by molar-refractivity contribution is -0.140. The quantitative estimate of drug-likeness (QED) is 0.699. The third-order valence-corrected chi connectivity index (χ3v) is 3.08. The number of fused-ring (bicyclic) bond motifs is 1. The number of H-pyrrole nitrogens is 1. The summed E-state index contributed by atoms with van der Waals surface area (Å²) in [6.07, 6.45) is -2.78. The number of aromatic amines is 1. The molecule has 2 heterocycles. The SMILES string of the molecule is Cc1c(F)ccc2[nH]c(-c3cncnc3C(F)(F)F)nc12. The summed E-state index contributed by atoms with van der Waals surface area (Å²) in [7, 11) is 0. The lowest BCUT2D eigenvalue weighted by Gasteiger charge is -2.08. The van der Waals surface area contributed by atoms with Crippen molar-refractivity contribution >= 4 is 11.0 Å². The Balaban J connectivity index is 2.25. The Hall–Kier alpha value is -2.51. The summed E-state index contributed by atoms with van der Waals surface area (Å²) in [5.74, 6) is -0.521. The highest BCUT2D eigenvalue weighted by Crippen LogP contribution is 2.34. The molecule has 0 saturated carbocycles. The highest BCUT2D eigenvalue weighted by molar-refractivity contribution is 5.82. The molecule has 21 heavy (non-hydrogen) atoms. The van der Waals surface area contributed by atoms with Crippen LogP contribution in [0.4, 0.5) is 17.6 Å². The number of hydrogen-bond acceptors (Lipinski definition) is 3. The van der Waals surface area contributed by atoms with Crippen LogP contribution in [-0.2, 0) is 6.18 Å². The maximum absolute atomic E-state index is 13.5. The maximum Gasteiger partial charge on any atom is 0.434 e. The van der Waals surface area contributed by atoms with Gasteiger partial charge in [-0.25, -0.2) is 19.3 Å². The van der Waals surface area contributed by atoms with E-state index in [2.05, 4.69) is 19.9 Å². The Morgan fingerprint density at radius 3 is 2.67 bits per heavy atom. The molecule has 4 nitrogen and oxygen atoms in total. The van der Waals surface area contributed by atoms with Crippen molar-refractivity contribution in [3.63, 3.8) is 0 Å². The summed E-state index contributed by atoms with van der Waals surface area (Å²) >= 11 is 0. The van der Waals surface area contributed by atoms with Crippen LogP contribution in [0.25, 0.3) is 22.4 Å². The van der Waals surface area contributed by atoms with Gasteiger partial charge in [-0.1, -0.05) is 0 Å². The highest BCUT2D eigenvalue weighted by atomic mass is 19.4. The zero-order valence-corrected chi connectivity index (χ0v) is 10.7. The van der Waals surface area contributed by atoms with Gasteiger partial charge in [0.1, 0.15) is 18.0 Å². The minimum absolute atomic E-state index is 0.0494. The molecule has 3 rings (SSSR count). The van der Waals surface area contributed by atoms with Crippen LogP contribution < -0.4 is 0 Å². The van der Waals surface area contributed by atoms with E-state index in [0.717, 1.165) is 12.5 Å². The number of hydrogen-bond donors (Lipinski definition) is 1. The molecular weight excluding hydrogens is 288 g/mol. The van der Waals surface area contributed by atoms with Crippen LogP contribution in [-0.4, -0.2) is 19.9 Å². The fourth-order valence-electron chi connectivity index (χ4n) is 2.04. The first kappa shape index (κ1) is 13.5. The highest BCUT2D eigenvalue weighted by Gasteiger charge is 2.36. The van der Waals surface area contributed by atoms with Gasteiger partial charge >= 0.3 is 6.18 Å². The van der Waals surface area contributed by atoms with Crippen molar-refractivity contribution in [3.05, 3.63) is 41.7 Å². The Morgan fingerprint density at radius 1 is 1.19 bits per heavy atom. The molecule has 108 valence electrons. The van der Waals surface area contributed by atoms with Crippen molar-refractivity contribution in [1.82, 2.24) is 19.9 Å². The first-order chi connectivity index (χ1) is 9.88. The molecule has 8 heteroatoms. The van der Waals surface area contributed by atoms with Gasteiger partial charge in [0.15, 0.2) is 5.69 Å². The van der Waals surface area contributed by atoms with Gasteiger partial charge in [-0.3, -0.25) is 0 Å². The third kappa shape index (κ3) is 2.22. The molecule has 2 aromatic heterocycles. The summed E-state index contributed by atoms with van der Waals surface area (Å²) in [5.41, 5.74) is -0.376. The fraction of sp³-hybridized carbons (Fsp3) is 0.154. The van der Waals surface area contributed by atoms with Crippen molar-refractivity contribution in [3.8, 4) is 11.4 Å². The summed E-state index contributed by atoms with van der Waals surface area (Å²) < 4.78 is 52.3. The van der Waals surface area contributed by atoms with E-state index in [1.165, 1.54) is 19.1 Å². The van der Waals surface area contributed by atoms with Crippen molar-refractivity contribution in [2.45, 2.75) is 13.1 Å². The average molecular weight is 296 g/mol. The second-order valence-electron chi connectivity index (χ2n) is 4.44. The standard InChI is InChI=1S/C13H8F4N4/c1-6-8(14)2-3-9-10(6)21-12(20-9)7-4-18-5-19-11(7)13(15,16)17/h2-5H,1H3,(H,20,21). The van der Waals surface area contributed by atoms with E-state index in [-0.39, 0.29) is 22.5 Å². The lowest BCUT2D eigenvalue weighted by atomic mass is 10.2. The van der Waals surface area contributed by atoms with Crippen molar-refractivity contribution in [1.29, 1.82) is 0 Å². The summed E-state index contributed by atoms with van der Waals surface area (Å²) in [6, 6.07) is 2.65. The van der Waals surface area contributed by atoms with Crippen LogP contribution in [0.2, 0.25) is 0 Å². The van der Waals surface area contributed by atoms with Gasteiger partial charge < -0.3 is 4.98 Å². The first-order valence-corrected chi connectivity index (χ1v) is 5.90. The molecule has 0 bridgehead atoms. The Morgan fingerprint density at radius 2 is 1.95 bits per heavy atom. The molecule has 0 fully saturated rings. The molecule has 1 N–H and O–H groups in total. The molecule has 0 saturated heterocycles. The topological polar surface area (TPSA) is 54.5 Å². The smallest absolute Gasteiger partial charge is 0.338 e. The van der Waals surface area contributed by atoms with Crippen LogP contribution in [0.1, 0.15) is 11.3 Å². The summed E-state index contributed by atoms with van der Waals surface area (Å²) in [6.45, 7) is 1.51. The lowest BCUT2D eigenvalue weighted by Crippen LogP contribution is -2.10. The molecule has 3 aromatic rings. The van der Waals surface area contributed by atoms with E-state index < -0.39 is 17.7 Å². The monoisotopic (exact) mass is 296 g/mol. The molecule has 0 aliphatic heterocycles. The number of nitrogens with one attached hydrogen (secondary N) is 1. The fourth-order valence-corrected chi connectivity index (χ4v) is 2.04. The van der Waals surface area contributed by atoms with E-state index >= 15 is 0 Å². The maximum atomic E-state index is 13.5. The number of aryl methyl sites for hydroxylation is 1. The van der Waals surface area contributed by atoms with Crippen LogP contribution in [0.5, 0.6) is 0 Å². The number of aromatic nitrogens is 4. The van der Waals surface area contributed by atoms with Gasteiger partial charge in [-0.2, -0.15) is 13.2 Å². The minimum Gasteiger partial charge on any atom is -0.338 e. The number of nitrogens with zero attached hydrogens (tertiary/aromatic N) is 3. The van der Waals surface area contributed by atoms with Gasteiger partial charge in [0, 0.05) is 11.8 Å². The summed E-state index contributed by atoms with van der Waals surface area (Å²) in [4.78, 5) is 13.6. The molecular formula is C13H8F4N4. The summed E-state index contributed by atoms with van der Waals surface area (Å²) in [5, 5.41) is 0. The van der Waals surface area contributed by atoms with E-state index in [0.29, 0.717) is 5.52 Å². The van der Waals surface area contributed by atoms with Gasteiger partial charge in [-0.15, -0.1) is 0 Å². The van der Waals surface area contributed by atoms with Crippen LogP contribution in [0.3, 0.4) is 0 Å². The molecule has 1 aromatic carbocycles. The third-order valence-electron chi connectivity index (χ3n) is 3.08. The number of halogens is 4. The zero-order chi connectivity index (χ0) is 15.2. The second-order valence-corrected chi connectivity index (χ2v) is 4.44. The van der Waals surface area contributed by atoms with Crippen molar-refractivity contribution in [2.75, 3.05) is 0 Å². The Labute approximate surface area is 115 Å². The van der Waals surface area contributed by atoms with E-state index in [9.17, 15) is 17.6 Å². The van der Waals surface area contributed by atoms with Crippen molar-refractivity contribution < 1.29 is 17.6 Å². The van der Waals surface area contributed by atoms with Crippen LogP contribution in [0.15, 0.2) is 24.7 Å². The number of alkyl halides is 3. The average Bonchev–Trinajstić information content (AvgIpc) is 2.87. The van der Waals surface area contributed by atoms with Crippen LogP contribution >= 0.6 is 0 Å². The van der Waals surface area contributed by atoms with Gasteiger partial charge in [0.25, 0.3) is 0 Å². The van der Waals surface area contributed by atoms with Gasteiger partial charge in [0.05, 0.1) is 16.6 Å². The van der Waals surface area contributed by atoms with E-state index in [4.69, 9.17) is 0 Å². The predicted molar refractivity (Wildman–Crippen MR) is 66.8 cm³/mol. The molecule has 0 aliphatic rings. The van der Waals surface area contributed by atoms with Crippen LogP contribution in [0, 0.1) is 12.7 Å². The predicted octanol–water partition coefficient (Wildman–Crippen LogP) is 3.49. The minimum atomic E-state index is -4.63. The van der Waals surface area contributed by atoms with Gasteiger partial charge in [-0.05, 0) is 19.1 Å². The Bertz CT molecular complexity index is 823. The number of imidazole rings is 1. The van der Waals surface area contributed by atoms with E-state index in [1.807, 2.05) is 0 Å². The molecule has 0 spiro atoms. The largest absolute Gasteiger partial charge is 0.434 e. The first-order valence-electron chi connectivity index (χ1n) is 5.90. The molecule has 0 amide bonds. The normalized spacial score (nSPS) is 12.0. The second kappa shape index (κ2) is 4.51. The number of rotatable bonds is 1. The van der Waals surface area contributed by atoms with Gasteiger partial charge in [0.2, 0.25) is 0 Å². The molecule has 0 aliphatic carbocycles. The van der Waals surface area contributed by atoms with Crippen molar-refractivity contribution in [2.24, 2.45) is 0 Å². The van der Waals surface area contributed by atoms with E-state index in [1.54, 1.807) is 0 Å². The number of benzene rings is 1. The zero-order valence-electron chi connectivity index (χ0n) is 10.7. The molecule has 0 unspecified atom stereocenters. The Kier molecular flexibility index (Phi) is 2.89.